The zero-order valence-corrected chi connectivity index (χ0v) is 10.5. The van der Waals surface area contributed by atoms with E-state index in [0.717, 1.165) is 0 Å². The molecule has 0 aromatic rings. The Kier molecular flexibility index (Phi) is 4.17. The van der Waals surface area contributed by atoms with Gasteiger partial charge in [-0.1, -0.05) is 0 Å². The molecule has 0 saturated carbocycles. The predicted octanol–water partition coefficient (Wildman–Crippen LogP) is 1.67. The number of nitrogens with one attached hydrogen (secondary N) is 1. The molecule has 1 aliphatic heterocycles. The molecule has 0 amide bonds. The van der Waals surface area contributed by atoms with Crippen molar-refractivity contribution in [3.8, 4) is 0 Å². The average Bonchev–Trinajstić information content (AvgIpc) is 2.40. The van der Waals surface area contributed by atoms with Crippen LogP contribution in [0.3, 0.4) is 0 Å². The molecule has 0 radical (unpaired) electrons. The van der Waals surface area contributed by atoms with Crippen LogP contribution in [0.1, 0.15) is 20.3 Å². The maximum Gasteiger partial charge on any atom is 0.377 e. The minimum Gasteiger partial charge on any atom is -0.456 e. The van der Waals surface area contributed by atoms with Gasteiger partial charge in [-0.15, -0.1) is 0 Å². The molecule has 1 atom stereocenters. The van der Waals surface area contributed by atoms with Gasteiger partial charge >= 0.3 is 11.9 Å². The van der Waals surface area contributed by atoms with E-state index < -0.39 is 24.4 Å². The number of cyclic esters (lactones) is 1. The van der Waals surface area contributed by atoms with Crippen molar-refractivity contribution in [1.82, 2.24) is 5.32 Å². The molecular formula is C10H17F2NO2S. The molecule has 1 heterocycles. The molecule has 16 heavy (non-hydrogen) atoms. The van der Waals surface area contributed by atoms with Gasteiger partial charge in [0.2, 0.25) is 0 Å². The number of esters is 1. The lowest BCUT2D eigenvalue weighted by Gasteiger charge is -2.23. The third kappa shape index (κ3) is 3.59. The Balaban J connectivity index is 2.29. The van der Waals surface area contributed by atoms with Crippen molar-refractivity contribution in [3.63, 3.8) is 0 Å². The van der Waals surface area contributed by atoms with Crippen LogP contribution in [0.5, 0.6) is 0 Å². The summed E-state index contributed by atoms with van der Waals surface area (Å²) in [6, 6.07) is 0. The van der Waals surface area contributed by atoms with Gasteiger partial charge in [0.25, 0.3) is 0 Å². The van der Waals surface area contributed by atoms with Crippen LogP contribution in [0.4, 0.5) is 8.78 Å². The number of halogens is 2. The normalized spacial score (nSPS) is 24.6. The third-order valence-corrected chi connectivity index (χ3v) is 3.78. The van der Waals surface area contributed by atoms with Crippen LogP contribution in [0, 0.1) is 0 Å². The van der Waals surface area contributed by atoms with Gasteiger partial charge in [0.1, 0.15) is 6.10 Å². The number of hydrogen-bond donors (Lipinski definition) is 1. The molecule has 3 nitrogen and oxygen atoms in total. The van der Waals surface area contributed by atoms with Gasteiger partial charge < -0.3 is 10.1 Å². The minimum atomic E-state index is -3.30. The summed E-state index contributed by atoms with van der Waals surface area (Å²) in [5, 5.41) is 3.05. The molecule has 1 aliphatic rings. The number of ether oxygens (including phenoxy) is 1. The number of hydrogen-bond acceptors (Lipinski definition) is 4. The van der Waals surface area contributed by atoms with E-state index in [1.807, 2.05) is 6.26 Å². The number of alkyl halides is 2. The molecule has 1 rings (SSSR count). The van der Waals surface area contributed by atoms with Crippen LogP contribution in [-0.4, -0.2) is 42.1 Å². The van der Waals surface area contributed by atoms with Crippen molar-refractivity contribution in [1.29, 1.82) is 0 Å². The molecule has 0 spiro atoms. The molecule has 1 N–H and O–H groups in total. The molecule has 1 fully saturated rings. The Morgan fingerprint density at radius 1 is 1.62 bits per heavy atom. The highest BCUT2D eigenvalue weighted by Crippen LogP contribution is 2.30. The summed E-state index contributed by atoms with van der Waals surface area (Å²) in [6.45, 7) is 5.08. The van der Waals surface area contributed by atoms with E-state index in [9.17, 15) is 13.6 Å². The highest BCUT2D eigenvalue weighted by molar-refractivity contribution is 7.99. The predicted molar refractivity (Wildman–Crippen MR) is 59.9 cm³/mol. The van der Waals surface area contributed by atoms with E-state index >= 15 is 0 Å². The van der Waals surface area contributed by atoms with Crippen molar-refractivity contribution in [2.45, 2.75) is 37.0 Å². The Morgan fingerprint density at radius 3 is 2.69 bits per heavy atom. The Hall–Kier alpha value is -0.360. The van der Waals surface area contributed by atoms with Crippen molar-refractivity contribution in [2.75, 3.05) is 19.3 Å². The van der Waals surface area contributed by atoms with Crippen molar-refractivity contribution >= 4 is 17.7 Å². The molecule has 0 aromatic carbocycles. The minimum absolute atomic E-state index is 0.0468. The van der Waals surface area contributed by atoms with Gasteiger partial charge in [-0.2, -0.15) is 20.5 Å². The van der Waals surface area contributed by atoms with Gasteiger partial charge in [0.15, 0.2) is 0 Å². The fourth-order valence-corrected chi connectivity index (χ4v) is 1.62. The molecular weight excluding hydrogens is 236 g/mol. The van der Waals surface area contributed by atoms with Crippen molar-refractivity contribution in [3.05, 3.63) is 0 Å². The molecule has 0 aliphatic carbocycles. The van der Waals surface area contributed by atoms with Crippen LogP contribution in [-0.2, 0) is 9.53 Å². The summed E-state index contributed by atoms with van der Waals surface area (Å²) in [5.74, 6) is -4.70. The lowest BCUT2D eigenvalue weighted by molar-refractivity contribution is -0.158. The topological polar surface area (TPSA) is 38.3 Å². The summed E-state index contributed by atoms with van der Waals surface area (Å²) in [7, 11) is 0. The first-order valence-corrected chi connectivity index (χ1v) is 6.34. The molecule has 0 bridgehead atoms. The second kappa shape index (κ2) is 4.87. The molecule has 6 heteroatoms. The van der Waals surface area contributed by atoms with E-state index in [4.69, 9.17) is 0 Å². The van der Waals surface area contributed by atoms with E-state index in [1.54, 1.807) is 11.8 Å². The van der Waals surface area contributed by atoms with Crippen molar-refractivity contribution < 1.29 is 18.3 Å². The van der Waals surface area contributed by atoms with Crippen LogP contribution >= 0.6 is 11.8 Å². The van der Waals surface area contributed by atoms with E-state index in [1.165, 1.54) is 0 Å². The van der Waals surface area contributed by atoms with Crippen molar-refractivity contribution in [2.24, 2.45) is 0 Å². The SMILES string of the molecule is CSC(C)(C)CNCC1CC(F)(F)C(=O)O1. The maximum absolute atomic E-state index is 12.8. The first-order chi connectivity index (χ1) is 7.27. The molecule has 94 valence electrons. The smallest absolute Gasteiger partial charge is 0.377 e. The van der Waals surface area contributed by atoms with Gasteiger partial charge in [0.05, 0.1) is 6.42 Å². The summed E-state index contributed by atoms with van der Waals surface area (Å²) >= 11 is 1.69. The van der Waals surface area contributed by atoms with E-state index in [-0.39, 0.29) is 11.3 Å². The second-order valence-electron chi connectivity index (χ2n) is 4.53. The molecule has 1 unspecified atom stereocenters. The zero-order valence-electron chi connectivity index (χ0n) is 9.68. The fourth-order valence-electron chi connectivity index (χ4n) is 1.37. The highest BCUT2D eigenvalue weighted by Gasteiger charge is 2.50. The third-order valence-electron chi connectivity index (χ3n) is 2.53. The summed E-state index contributed by atoms with van der Waals surface area (Å²) < 4.78 is 30.2. The first kappa shape index (κ1) is 13.7. The zero-order chi connectivity index (χ0) is 12.4. The Labute approximate surface area is 98.3 Å². The number of thioether (sulfide) groups is 1. The van der Waals surface area contributed by atoms with Gasteiger partial charge in [-0.3, -0.25) is 0 Å². The summed E-state index contributed by atoms with van der Waals surface area (Å²) in [4.78, 5) is 10.7. The first-order valence-electron chi connectivity index (χ1n) is 5.11. The Morgan fingerprint density at radius 2 is 2.25 bits per heavy atom. The lowest BCUT2D eigenvalue weighted by atomic mass is 10.1. The summed E-state index contributed by atoms with van der Waals surface area (Å²) in [6.07, 6.45) is 0.768. The highest BCUT2D eigenvalue weighted by atomic mass is 32.2. The van der Waals surface area contributed by atoms with Crippen LogP contribution in [0.25, 0.3) is 0 Å². The quantitative estimate of drug-likeness (QED) is 0.756. The van der Waals surface area contributed by atoms with Crippen LogP contribution in [0.2, 0.25) is 0 Å². The monoisotopic (exact) mass is 253 g/mol. The van der Waals surface area contributed by atoms with E-state index in [2.05, 4.69) is 23.9 Å². The second-order valence-corrected chi connectivity index (χ2v) is 6.04. The van der Waals surface area contributed by atoms with E-state index in [0.29, 0.717) is 6.54 Å². The Bertz CT molecular complexity index is 272. The van der Waals surface area contributed by atoms with Gasteiger partial charge in [-0.05, 0) is 20.1 Å². The standard InChI is InChI=1S/C10H17F2NO2S/c1-9(2,16-3)6-13-5-7-4-10(11,12)8(14)15-7/h7,13H,4-6H2,1-3H3. The summed E-state index contributed by atoms with van der Waals surface area (Å²) in [5.41, 5.74) is 0. The largest absolute Gasteiger partial charge is 0.456 e. The molecule has 0 aromatic heterocycles. The maximum atomic E-state index is 12.8. The average molecular weight is 253 g/mol. The molecule has 1 saturated heterocycles. The number of rotatable bonds is 5. The van der Waals surface area contributed by atoms with Gasteiger partial charge in [0, 0.05) is 17.8 Å². The number of carbonyl (C=O) groups excluding carboxylic acids is 1. The van der Waals surface area contributed by atoms with Gasteiger partial charge in [-0.25, -0.2) is 4.79 Å². The number of carbonyl (C=O) groups is 1. The van der Waals surface area contributed by atoms with Crippen LogP contribution < -0.4 is 5.32 Å². The lowest BCUT2D eigenvalue weighted by Crippen LogP contribution is -2.36. The van der Waals surface area contributed by atoms with Crippen LogP contribution in [0.15, 0.2) is 0 Å². The fraction of sp³-hybridized carbons (Fsp3) is 0.900.